The van der Waals surface area contributed by atoms with Crippen molar-refractivity contribution in [3.05, 3.63) is 27.7 Å². The van der Waals surface area contributed by atoms with Gasteiger partial charge in [0.2, 0.25) is 0 Å². The summed E-state index contributed by atoms with van der Waals surface area (Å²) in [5, 5.41) is 28.5. The second-order valence-corrected chi connectivity index (χ2v) is 5.40. The van der Waals surface area contributed by atoms with Gasteiger partial charge in [-0.15, -0.1) is 0 Å². The first-order valence-corrected chi connectivity index (χ1v) is 7.01. The van der Waals surface area contributed by atoms with Crippen LogP contribution in [0.25, 0.3) is 0 Å². The number of benzene rings is 1. The molecular weight excluding hydrogens is 339 g/mol. The van der Waals surface area contributed by atoms with Crippen LogP contribution in [0.2, 0.25) is 10.0 Å². The van der Waals surface area contributed by atoms with Gasteiger partial charge >= 0.3 is 5.97 Å². The van der Waals surface area contributed by atoms with Gasteiger partial charge in [-0.3, -0.25) is 0 Å². The Morgan fingerprint density at radius 3 is 2.41 bits per heavy atom. The highest BCUT2D eigenvalue weighted by Gasteiger charge is 2.42. The van der Waals surface area contributed by atoms with Crippen LogP contribution < -0.4 is 4.74 Å². The number of halogens is 2. The summed E-state index contributed by atoms with van der Waals surface area (Å²) < 4.78 is 14.9. The van der Waals surface area contributed by atoms with Gasteiger partial charge in [0.15, 0.2) is 12.0 Å². The molecule has 3 N–H and O–H groups in total. The summed E-state index contributed by atoms with van der Waals surface area (Å²) in [7, 11) is 1.32. The van der Waals surface area contributed by atoms with Crippen LogP contribution in [0.1, 0.15) is 10.4 Å². The molecule has 0 radical (unpaired) electrons. The van der Waals surface area contributed by atoms with Gasteiger partial charge in [0.1, 0.15) is 30.5 Å². The molecule has 1 unspecified atom stereocenters. The highest BCUT2D eigenvalue weighted by atomic mass is 35.5. The first-order chi connectivity index (χ1) is 10.4. The molecule has 1 aliphatic heterocycles. The normalized spacial score (nSPS) is 27.7. The van der Waals surface area contributed by atoms with Crippen LogP contribution in [-0.4, -0.2) is 59.6 Å². The number of aliphatic hydroxyl groups is 3. The molecule has 0 aromatic heterocycles. The molecular formula is C13H14Cl2O7. The van der Waals surface area contributed by atoms with Gasteiger partial charge in [0, 0.05) is 0 Å². The van der Waals surface area contributed by atoms with Crippen molar-refractivity contribution in [2.45, 2.75) is 24.6 Å². The number of carbonyl (C=O) groups is 1. The van der Waals surface area contributed by atoms with E-state index in [-0.39, 0.29) is 28.0 Å². The van der Waals surface area contributed by atoms with Crippen LogP contribution in [0.4, 0.5) is 0 Å². The molecule has 1 aliphatic rings. The third-order valence-electron chi connectivity index (χ3n) is 3.18. The lowest BCUT2D eigenvalue weighted by molar-refractivity contribution is -0.133. The Hall–Kier alpha value is -1.09. The molecule has 122 valence electrons. The zero-order valence-corrected chi connectivity index (χ0v) is 12.9. The van der Waals surface area contributed by atoms with Gasteiger partial charge in [-0.25, -0.2) is 4.79 Å². The Labute approximate surface area is 135 Å². The molecule has 0 bridgehead atoms. The largest absolute Gasteiger partial charge is 0.494 e. The summed E-state index contributed by atoms with van der Waals surface area (Å²) in [5.41, 5.74) is -0.0646. The summed E-state index contributed by atoms with van der Waals surface area (Å²) in [6.07, 6.45) is -5.44. The van der Waals surface area contributed by atoms with Crippen molar-refractivity contribution in [1.29, 1.82) is 0 Å². The number of ether oxygens (including phenoxy) is 3. The number of esters is 1. The third-order valence-corrected chi connectivity index (χ3v) is 3.80. The zero-order valence-electron chi connectivity index (χ0n) is 11.4. The quantitative estimate of drug-likeness (QED) is 0.681. The Morgan fingerprint density at radius 2 is 1.86 bits per heavy atom. The van der Waals surface area contributed by atoms with E-state index in [0.29, 0.717) is 0 Å². The summed E-state index contributed by atoms with van der Waals surface area (Å²) in [5.74, 6) is -0.775. The van der Waals surface area contributed by atoms with Gasteiger partial charge in [-0.2, -0.15) is 0 Å². The van der Waals surface area contributed by atoms with Gasteiger partial charge in [-0.05, 0) is 12.1 Å². The van der Waals surface area contributed by atoms with Crippen LogP contribution in [0.3, 0.4) is 0 Å². The van der Waals surface area contributed by atoms with Crippen molar-refractivity contribution in [1.82, 2.24) is 0 Å². The molecule has 0 saturated carbocycles. The maximum atomic E-state index is 12.1. The van der Waals surface area contributed by atoms with Crippen LogP contribution in [-0.2, 0) is 9.47 Å². The van der Waals surface area contributed by atoms with E-state index in [1.807, 2.05) is 0 Å². The minimum absolute atomic E-state index is 0.0622. The fourth-order valence-corrected chi connectivity index (χ4v) is 2.48. The van der Waals surface area contributed by atoms with Crippen molar-refractivity contribution in [3.8, 4) is 5.75 Å². The highest BCUT2D eigenvalue weighted by Crippen LogP contribution is 2.34. The van der Waals surface area contributed by atoms with Gasteiger partial charge in [0.05, 0.1) is 17.2 Å². The van der Waals surface area contributed by atoms with E-state index in [4.69, 9.17) is 37.4 Å². The standard InChI is InChI=1S/C13H14Cl2O7/c1-20-11-6(15)3-2-5(14)8(11)12(18)21-4-7-9(16)10(17)13(19)22-7/h2-3,7,9-10,13,16-17,19H,4H2,1H3/t7-,9+,10-,13?/m1/s1. The molecule has 0 amide bonds. The zero-order chi connectivity index (χ0) is 16.4. The number of carbonyl (C=O) groups excluding carboxylic acids is 1. The van der Waals surface area contributed by atoms with Gasteiger partial charge < -0.3 is 29.5 Å². The van der Waals surface area contributed by atoms with Crippen LogP contribution >= 0.6 is 23.2 Å². The molecule has 0 aliphatic carbocycles. The molecule has 1 heterocycles. The molecule has 1 aromatic carbocycles. The average molecular weight is 353 g/mol. The van der Waals surface area contributed by atoms with Crippen molar-refractivity contribution < 1.29 is 34.3 Å². The minimum atomic E-state index is -1.54. The van der Waals surface area contributed by atoms with E-state index in [0.717, 1.165) is 0 Å². The second-order valence-electron chi connectivity index (χ2n) is 4.58. The second kappa shape index (κ2) is 6.99. The van der Waals surface area contributed by atoms with Crippen LogP contribution in [0, 0.1) is 0 Å². The molecule has 4 atom stereocenters. The third kappa shape index (κ3) is 3.29. The maximum Gasteiger partial charge on any atom is 0.343 e. The molecule has 9 heteroatoms. The summed E-state index contributed by atoms with van der Waals surface area (Å²) in [4.78, 5) is 12.1. The fraction of sp³-hybridized carbons (Fsp3) is 0.462. The Bertz CT molecular complexity index is 566. The molecule has 22 heavy (non-hydrogen) atoms. The molecule has 1 saturated heterocycles. The molecule has 1 fully saturated rings. The van der Waals surface area contributed by atoms with E-state index in [9.17, 15) is 20.1 Å². The minimum Gasteiger partial charge on any atom is -0.494 e. The Morgan fingerprint density at radius 1 is 1.23 bits per heavy atom. The average Bonchev–Trinajstić information content (AvgIpc) is 2.74. The van der Waals surface area contributed by atoms with Gasteiger partial charge in [0.25, 0.3) is 0 Å². The smallest absolute Gasteiger partial charge is 0.343 e. The molecule has 7 nitrogen and oxygen atoms in total. The summed E-state index contributed by atoms with van der Waals surface area (Å²) in [6.45, 7) is -0.389. The molecule has 2 rings (SSSR count). The number of methoxy groups -OCH3 is 1. The fourth-order valence-electron chi connectivity index (χ4n) is 2.02. The Balaban J connectivity index is 2.09. The number of hydrogen-bond donors (Lipinski definition) is 3. The van der Waals surface area contributed by atoms with E-state index in [2.05, 4.69) is 0 Å². The van der Waals surface area contributed by atoms with E-state index < -0.39 is 30.6 Å². The Kier molecular flexibility index (Phi) is 5.49. The highest BCUT2D eigenvalue weighted by molar-refractivity contribution is 6.37. The lowest BCUT2D eigenvalue weighted by Crippen LogP contribution is -2.34. The summed E-state index contributed by atoms with van der Waals surface area (Å²) in [6, 6.07) is 2.88. The monoisotopic (exact) mass is 352 g/mol. The number of hydrogen-bond acceptors (Lipinski definition) is 7. The SMILES string of the molecule is COc1c(Cl)ccc(Cl)c1C(=O)OC[C@H]1OC(O)[C@H](O)[C@H]1O. The number of rotatable bonds is 4. The van der Waals surface area contributed by atoms with Crippen molar-refractivity contribution in [2.24, 2.45) is 0 Å². The molecule has 1 aromatic rings. The lowest BCUT2D eigenvalue weighted by Gasteiger charge is -2.16. The van der Waals surface area contributed by atoms with Gasteiger partial charge in [-0.1, -0.05) is 23.2 Å². The lowest BCUT2D eigenvalue weighted by atomic mass is 10.1. The van der Waals surface area contributed by atoms with Crippen LogP contribution in [0.5, 0.6) is 5.75 Å². The van der Waals surface area contributed by atoms with Crippen molar-refractivity contribution in [3.63, 3.8) is 0 Å². The number of aliphatic hydroxyl groups excluding tert-OH is 3. The first kappa shape index (κ1) is 17.3. The van der Waals surface area contributed by atoms with E-state index in [1.54, 1.807) is 0 Å². The molecule has 0 spiro atoms. The first-order valence-electron chi connectivity index (χ1n) is 6.25. The van der Waals surface area contributed by atoms with Crippen molar-refractivity contribution in [2.75, 3.05) is 13.7 Å². The van der Waals surface area contributed by atoms with E-state index in [1.165, 1.54) is 19.2 Å². The van der Waals surface area contributed by atoms with Crippen LogP contribution in [0.15, 0.2) is 12.1 Å². The predicted octanol–water partition coefficient (Wildman–Crippen LogP) is 0.598. The van der Waals surface area contributed by atoms with E-state index >= 15 is 0 Å². The summed E-state index contributed by atoms with van der Waals surface area (Å²) >= 11 is 11.9. The predicted molar refractivity (Wildman–Crippen MR) is 76.2 cm³/mol. The van der Waals surface area contributed by atoms with Crippen molar-refractivity contribution >= 4 is 29.2 Å². The topological polar surface area (TPSA) is 105 Å². The maximum absolute atomic E-state index is 12.1.